The molecule has 0 heterocycles. The number of carboxylic acids is 1. The number of benzene rings is 2. The summed E-state index contributed by atoms with van der Waals surface area (Å²) in [6, 6.07) is 8.65. The summed E-state index contributed by atoms with van der Waals surface area (Å²) in [6.07, 6.45) is -0.153. The van der Waals surface area contributed by atoms with Gasteiger partial charge in [0.15, 0.2) is 0 Å². The first-order valence-electron chi connectivity index (χ1n) is 7.20. The van der Waals surface area contributed by atoms with Gasteiger partial charge in [0.25, 0.3) is 5.91 Å². The summed E-state index contributed by atoms with van der Waals surface area (Å²) in [7, 11) is 0. The number of aliphatic carboxylic acids is 1. The Morgan fingerprint density at radius 1 is 1.04 bits per heavy atom. The SMILES string of the molecule is O=C(O)CC/C(=N\O)c1ccc(NC(=O)c2ccc(F)cc2F)cc1. The molecule has 0 atom stereocenters. The van der Waals surface area contributed by atoms with Gasteiger partial charge in [-0.15, -0.1) is 0 Å². The monoisotopic (exact) mass is 348 g/mol. The Morgan fingerprint density at radius 2 is 1.72 bits per heavy atom. The number of carboxylic acid groups (broad SMARTS) is 1. The van der Waals surface area contributed by atoms with E-state index < -0.39 is 23.5 Å². The van der Waals surface area contributed by atoms with Crippen LogP contribution in [0.1, 0.15) is 28.8 Å². The Balaban J connectivity index is 2.09. The highest BCUT2D eigenvalue weighted by Gasteiger charge is 2.13. The van der Waals surface area contributed by atoms with Gasteiger partial charge in [0.05, 0.1) is 17.7 Å². The largest absolute Gasteiger partial charge is 0.481 e. The van der Waals surface area contributed by atoms with Crippen LogP contribution in [0.4, 0.5) is 14.5 Å². The van der Waals surface area contributed by atoms with Crippen LogP contribution in [0.25, 0.3) is 0 Å². The molecule has 2 rings (SSSR count). The molecule has 130 valence electrons. The maximum Gasteiger partial charge on any atom is 0.303 e. The van der Waals surface area contributed by atoms with E-state index in [9.17, 15) is 18.4 Å². The molecule has 0 saturated heterocycles. The molecule has 6 nitrogen and oxygen atoms in total. The van der Waals surface area contributed by atoms with Crippen LogP contribution in [-0.2, 0) is 4.79 Å². The number of carbonyl (C=O) groups is 2. The number of rotatable bonds is 6. The van der Waals surface area contributed by atoms with Crippen molar-refractivity contribution in [2.45, 2.75) is 12.8 Å². The summed E-state index contributed by atoms with van der Waals surface area (Å²) in [5.41, 5.74) is 0.706. The van der Waals surface area contributed by atoms with E-state index in [1.165, 1.54) is 24.3 Å². The third-order valence-electron chi connectivity index (χ3n) is 3.35. The lowest BCUT2D eigenvalue weighted by Gasteiger charge is -2.08. The number of carbonyl (C=O) groups excluding carboxylic acids is 1. The molecular formula is C17H14F2N2O4. The number of halogens is 2. The number of hydrogen-bond acceptors (Lipinski definition) is 4. The molecule has 0 aromatic heterocycles. The minimum Gasteiger partial charge on any atom is -0.481 e. The number of hydrogen-bond donors (Lipinski definition) is 3. The van der Waals surface area contributed by atoms with Gasteiger partial charge in [-0.1, -0.05) is 17.3 Å². The van der Waals surface area contributed by atoms with Crippen molar-refractivity contribution < 1.29 is 28.7 Å². The Morgan fingerprint density at radius 3 is 2.28 bits per heavy atom. The number of oxime groups is 1. The Kier molecular flexibility index (Phi) is 5.78. The van der Waals surface area contributed by atoms with Crippen LogP contribution in [0.3, 0.4) is 0 Å². The van der Waals surface area contributed by atoms with E-state index in [4.69, 9.17) is 10.3 Å². The summed E-state index contributed by atoms with van der Waals surface area (Å²) >= 11 is 0. The van der Waals surface area contributed by atoms with Gasteiger partial charge in [0, 0.05) is 18.2 Å². The fraction of sp³-hybridized carbons (Fsp3) is 0.118. The van der Waals surface area contributed by atoms with E-state index in [-0.39, 0.29) is 24.1 Å². The average molecular weight is 348 g/mol. The van der Waals surface area contributed by atoms with Crippen molar-refractivity contribution in [1.29, 1.82) is 0 Å². The van der Waals surface area contributed by atoms with Crippen molar-refractivity contribution in [2.75, 3.05) is 5.32 Å². The quantitative estimate of drug-likeness (QED) is 0.424. The van der Waals surface area contributed by atoms with Crippen molar-refractivity contribution in [3.05, 3.63) is 65.2 Å². The lowest BCUT2D eigenvalue weighted by Crippen LogP contribution is -2.14. The van der Waals surface area contributed by atoms with Gasteiger partial charge in [-0.25, -0.2) is 8.78 Å². The molecule has 0 aliphatic carbocycles. The molecule has 0 bridgehead atoms. The predicted octanol–water partition coefficient (Wildman–Crippen LogP) is 3.26. The fourth-order valence-corrected chi connectivity index (χ4v) is 2.10. The third-order valence-corrected chi connectivity index (χ3v) is 3.35. The maximum absolute atomic E-state index is 13.6. The van der Waals surface area contributed by atoms with Gasteiger partial charge in [0.2, 0.25) is 0 Å². The van der Waals surface area contributed by atoms with E-state index in [0.29, 0.717) is 17.3 Å². The van der Waals surface area contributed by atoms with Crippen LogP contribution in [-0.4, -0.2) is 27.9 Å². The molecule has 0 aliphatic heterocycles. The minimum atomic E-state index is -1.02. The fourth-order valence-electron chi connectivity index (χ4n) is 2.10. The summed E-state index contributed by atoms with van der Waals surface area (Å²) in [6.45, 7) is 0. The number of amides is 1. The number of nitrogens with one attached hydrogen (secondary N) is 1. The lowest BCUT2D eigenvalue weighted by atomic mass is 10.1. The second kappa shape index (κ2) is 8.00. The molecule has 0 fully saturated rings. The predicted molar refractivity (Wildman–Crippen MR) is 85.9 cm³/mol. The molecular weight excluding hydrogens is 334 g/mol. The van der Waals surface area contributed by atoms with Crippen LogP contribution in [0.15, 0.2) is 47.6 Å². The van der Waals surface area contributed by atoms with Gasteiger partial charge in [-0.05, 0) is 29.8 Å². The molecule has 25 heavy (non-hydrogen) atoms. The van der Waals surface area contributed by atoms with Crippen LogP contribution in [0.5, 0.6) is 0 Å². The summed E-state index contributed by atoms with van der Waals surface area (Å²) in [5, 5.41) is 23.1. The van der Waals surface area contributed by atoms with Gasteiger partial charge >= 0.3 is 5.97 Å². The van der Waals surface area contributed by atoms with E-state index in [1.54, 1.807) is 0 Å². The van der Waals surface area contributed by atoms with E-state index >= 15 is 0 Å². The van der Waals surface area contributed by atoms with Crippen LogP contribution < -0.4 is 5.32 Å². The highest BCUT2D eigenvalue weighted by atomic mass is 19.1. The number of nitrogens with zero attached hydrogens (tertiary/aromatic N) is 1. The van der Waals surface area contributed by atoms with E-state index in [2.05, 4.69) is 10.5 Å². The van der Waals surface area contributed by atoms with Gasteiger partial charge in [0.1, 0.15) is 11.6 Å². The van der Waals surface area contributed by atoms with E-state index in [1.807, 2.05) is 0 Å². The molecule has 2 aromatic rings. The van der Waals surface area contributed by atoms with Crippen molar-refractivity contribution in [2.24, 2.45) is 5.16 Å². The lowest BCUT2D eigenvalue weighted by molar-refractivity contribution is -0.136. The number of anilines is 1. The van der Waals surface area contributed by atoms with Crippen molar-refractivity contribution in [3.8, 4) is 0 Å². The van der Waals surface area contributed by atoms with Gasteiger partial charge < -0.3 is 15.6 Å². The summed E-state index contributed by atoms with van der Waals surface area (Å²) in [5.74, 6) is -3.52. The molecule has 0 spiro atoms. The molecule has 8 heteroatoms. The zero-order valence-corrected chi connectivity index (χ0v) is 12.9. The maximum atomic E-state index is 13.6. The van der Waals surface area contributed by atoms with Gasteiger partial charge in [-0.2, -0.15) is 0 Å². The molecule has 3 N–H and O–H groups in total. The zero-order valence-electron chi connectivity index (χ0n) is 12.9. The normalized spacial score (nSPS) is 11.2. The van der Waals surface area contributed by atoms with Crippen LogP contribution in [0, 0.1) is 11.6 Å². The zero-order chi connectivity index (χ0) is 18.4. The standard InChI is InChI=1S/C17H14F2N2O4/c18-11-3-6-13(14(19)9-11)17(24)20-12-4-1-10(2-5-12)15(21-25)7-8-16(22)23/h1-6,9,25H,7-8H2,(H,20,24)(H,22,23)/b21-15+. The third kappa shape index (κ3) is 4.84. The summed E-state index contributed by atoms with van der Waals surface area (Å²) < 4.78 is 26.4. The van der Waals surface area contributed by atoms with Gasteiger partial charge in [-0.3, -0.25) is 9.59 Å². The van der Waals surface area contributed by atoms with Crippen molar-refractivity contribution in [1.82, 2.24) is 0 Å². The van der Waals surface area contributed by atoms with E-state index in [0.717, 1.165) is 12.1 Å². The Bertz CT molecular complexity index is 820. The topological polar surface area (TPSA) is 99.0 Å². The highest BCUT2D eigenvalue weighted by molar-refractivity contribution is 6.05. The first-order chi connectivity index (χ1) is 11.9. The smallest absolute Gasteiger partial charge is 0.303 e. The van der Waals surface area contributed by atoms with Crippen molar-refractivity contribution in [3.63, 3.8) is 0 Å². The molecule has 0 saturated carbocycles. The minimum absolute atomic E-state index is 0.0400. The van der Waals surface area contributed by atoms with Crippen molar-refractivity contribution >= 4 is 23.3 Å². The molecule has 0 aliphatic rings. The van der Waals surface area contributed by atoms with Crippen LogP contribution >= 0.6 is 0 Å². The molecule has 1 amide bonds. The molecule has 0 unspecified atom stereocenters. The first-order valence-corrected chi connectivity index (χ1v) is 7.20. The van der Waals surface area contributed by atoms with Crippen LogP contribution in [0.2, 0.25) is 0 Å². The summed E-state index contributed by atoms with van der Waals surface area (Å²) in [4.78, 5) is 22.6. The Hall–Kier alpha value is -3.29. The first kappa shape index (κ1) is 18.1. The Labute approximate surface area is 141 Å². The highest BCUT2D eigenvalue weighted by Crippen LogP contribution is 2.16. The molecule has 2 aromatic carbocycles. The second-order valence-corrected chi connectivity index (χ2v) is 5.10. The average Bonchev–Trinajstić information content (AvgIpc) is 2.56. The second-order valence-electron chi connectivity index (χ2n) is 5.10. The molecule has 0 radical (unpaired) electrons.